The minimum Gasteiger partial charge on any atom is -0.462 e. The molecule has 1 aliphatic carbocycles. The lowest BCUT2D eigenvalue weighted by Crippen LogP contribution is -2.44. The summed E-state index contributed by atoms with van der Waals surface area (Å²) in [6.07, 6.45) is 7.10. The average Bonchev–Trinajstić information content (AvgIpc) is 2.99. The van der Waals surface area contributed by atoms with Crippen molar-refractivity contribution in [2.45, 2.75) is 121 Å². The summed E-state index contributed by atoms with van der Waals surface area (Å²) in [6.45, 7) is 12.7. The Labute approximate surface area is 189 Å². The fourth-order valence-corrected chi connectivity index (χ4v) is 5.88. The maximum absolute atomic E-state index is 11.7. The third-order valence-corrected chi connectivity index (χ3v) is 12.4. The van der Waals surface area contributed by atoms with E-state index in [2.05, 4.69) is 33.9 Å². The van der Waals surface area contributed by atoms with E-state index in [-0.39, 0.29) is 41.3 Å². The third kappa shape index (κ3) is 6.76. The molecule has 0 aromatic carbocycles. The van der Waals surface area contributed by atoms with E-state index in [0.717, 1.165) is 51.6 Å². The van der Waals surface area contributed by atoms with Crippen molar-refractivity contribution in [1.29, 1.82) is 0 Å². The van der Waals surface area contributed by atoms with E-state index in [1.807, 2.05) is 0 Å². The Morgan fingerprint density at radius 1 is 1.10 bits per heavy atom. The Hall–Kier alpha value is -0.473. The molecule has 3 rings (SSSR count). The normalized spacial score (nSPS) is 35.2. The van der Waals surface area contributed by atoms with Crippen LogP contribution in [0.1, 0.15) is 78.6 Å². The van der Waals surface area contributed by atoms with E-state index in [1.165, 1.54) is 0 Å². The van der Waals surface area contributed by atoms with Gasteiger partial charge in [0.2, 0.25) is 0 Å². The Morgan fingerprint density at radius 2 is 1.87 bits per heavy atom. The highest BCUT2D eigenvalue weighted by atomic mass is 28.4. The van der Waals surface area contributed by atoms with Crippen LogP contribution in [0.15, 0.2) is 0 Å². The summed E-state index contributed by atoms with van der Waals surface area (Å²) >= 11 is 0. The van der Waals surface area contributed by atoms with Crippen LogP contribution in [-0.2, 0) is 23.4 Å². The van der Waals surface area contributed by atoms with Gasteiger partial charge >= 0.3 is 5.97 Å². The van der Waals surface area contributed by atoms with Gasteiger partial charge in [0.05, 0.1) is 12.2 Å². The summed E-state index contributed by atoms with van der Waals surface area (Å²) in [5.74, 6) is 0.143. The predicted molar refractivity (Wildman–Crippen MR) is 122 cm³/mol. The topological polar surface area (TPSA) is 74.2 Å². The quantitative estimate of drug-likeness (QED) is 0.418. The third-order valence-electron chi connectivity index (χ3n) is 7.93. The SMILES string of the molecule is CC(C)(C)[Si](C)(C)OC[C@@H]1[C@@H](CC[C@H]2CCCC(=O)O2)[C@H](O)C[C@H]1OC1CCCCO1. The Balaban J connectivity index is 1.65. The number of carbonyl (C=O) groups excluding carboxylic acids is 1. The molecule has 2 heterocycles. The average molecular weight is 457 g/mol. The zero-order valence-electron chi connectivity index (χ0n) is 20.2. The van der Waals surface area contributed by atoms with Crippen molar-refractivity contribution in [2.75, 3.05) is 13.2 Å². The lowest BCUT2D eigenvalue weighted by atomic mass is 9.88. The molecule has 0 bridgehead atoms. The molecule has 0 aromatic heterocycles. The highest BCUT2D eigenvalue weighted by molar-refractivity contribution is 6.74. The van der Waals surface area contributed by atoms with E-state index in [4.69, 9.17) is 18.6 Å². The Morgan fingerprint density at radius 3 is 2.52 bits per heavy atom. The van der Waals surface area contributed by atoms with Gasteiger partial charge in [-0.1, -0.05) is 20.8 Å². The van der Waals surface area contributed by atoms with Gasteiger partial charge < -0.3 is 23.7 Å². The number of hydrogen-bond donors (Lipinski definition) is 1. The lowest BCUT2D eigenvalue weighted by Gasteiger charge is -2.39. The summed E-state index contributed by atoms with van der Waals surface area (Å²) in [5.41, 5.74) is 0. The first kappa shape index (κ1) is 25.2. The number of carbonyl (C=O) groups is 1. The van der Waals surface area contributed by atoms with Crippen LogP contribution in [-0.4, -0.2) is 57.2 Å². The number of esters is 1. The maximum atomic E-state index is 11.7. The van der Waals surface area contributed by atoms with Gasteiger partial charge in [-0.25, -0.2) is 0 Å². The maximum Gasteiger partial charge on any atom is 0.306 e. The van der Waals surface area contributed by atoms with Gasteiger partial charge in [0.25, 0.3) is 0 Å². The molecule has 0 radical (unpaired) electrons. The van der Waals surface area contributed by atoms with E-state index < -0.39 is 14.4 Å². The number of hydrogen-bond acceptors (Lipinski definition) is 6. The molecule has 3 aliphatic rings. The first-order valence-electron chi connectivity index (χ1n) is 12.4. The fraction of sp³-hybridized carbons (Fsp3) is 0.958. The molecule has 0 aromatic rings. The van der Waals surface area contributed by atoms with Crippen LogP contribution < -0.4 is 0 Å². The van der Waals surface area contributed by atoms with Crippen molar-refractivity contribution in [3.63, 3.8) is 0 Å². The van der Waals surface area contributed by atoms with Crippen LogP contribution in [0.25, 0.3) is 0 Å². The molecule has 2 saturated heterocycles. The molecule has 7 heteroatoms. The number of aliphatic hydroxyl groups is 1. The minimum atomic E-state index is -1.91. The second kappa shape index (κ2) is 10.6. The first-order chi connectivity index (χ1) is 14.6. The summed E-state index contributed by atoms with van der Waals surface area (Å²) in [7, 11) is -1.91. The number of aliphatic hydroxyl groups excluding tert-OH is 1. The molecule has 0 amide bonds. The molecule has 6 nitrogen and oxygen atoms in total. The molecular formula is C24H44O6Si. The van der Waals surface area contributed by atoms with Crippen LogP contribution in [0.3, 0.4) is 0 Å². The number of cyclic esters (lactones) is 1. The van der Waals surface area contributed by atoms with E-state index in [9.17, 15) is 9.90 Å². The van der Waals surface area contributed by atoms with E-state index in [0.29, 0.717) is 19.4 Å². The van der Waals surface area contributed by atoms with Gasteiger partial charge in [-0.2, -0.15) is 0 Å². The van der Waals surface area contributed by atoms with Gasteiger partial charge in [0.15, 0.2) is 14.6 Å². The van der Waals surface area contributed by atoms with Gasteiger partial charge in [-0.3, -0.25) is 4.79 Å². The highest BCUT2D eigenvalue weighted by Crippen LogP contribution is 2.42. The minimum absolute atomic E-state index is 0.0166. The fourth-order valence-electron chi connectivity index (χ4n) is 4.84. The Kier molecular flexibility index (Phi) is 8.63. The Bertz CT molecular complexity index is 583. The first-order valence-corrected chi connectivity index (χ1v) is 15.3. The van der Waals surface area contributed by atoms with Gasteiger partial charge in [0.1, 0.15) is 6.10 Å². The largest absolute Gasteiger partial charge is 0.462 e. The van der Waals surface area contributed by atoms with Crippen LogP contribution in [0.2, 0.25) is 18.1 Å². The molecule has 31 heavy (non-hydrogen) atoms. The second-order valence-electron chi connectivity index (χ2n) is 11.3. The lowest BCUT2D eigenvalue weighted by molar-refractivity contribution is -0.198. The molecule has 6 atom stereocenters. The smallest absolute Gasteiger partial charge is 0.306 e. The van der Waals surface area contributed by atoms with Gasteiger partial charge in [-0.15, -0.1) is 0 Å². The molecule has 1 saturated carbocycles. The van der Waals surface area contributed by atoms with Gasteiger partial charge in [-0.05, 0) is 69.0 Å². The van der Waals surface area contributed by atoms with Crippen LogP contribution in [0, 0.1) is 11.8 Å². The van der Waals surface area contributed by atoms with Crippen LogP contribution in [0.4, 0.5) is 0 Å². The molecule has 180 valence electrons. The van der Waals surface area contributed by atoms with Crippen LogP contribution in [0.5, 0.6) is 0 Å². The number of rotatable bonds is 8. The molecule has 3 fully saturated rings. The van der Waals surface area contributed by atoms with Crippen molar-refractivity contribution in [1.82, 2.24) is 0 Å². The molecule has 1 unspecified atom stereocenters. The van der Waals surface area contributed by atoms with Crippen molar-refractivity contribution in [2.24, 2.45) is 11.8 Å². The number of ether oxygens (including phenoxy) is 3. The van der Waals surface area contributed by atoms with Crippen molar-refractivity contribution in [3.05, 3.63) is 0 Å². The second-order valence-corrected chi connectivity index (χ2v) is 16.1. The van der Waals surface area contributed by atoms with Crippen molar-refractivity contribution in [3.8, 4) is 0 Å². The van der Waals surface area contributed by atoms with Gasteiger partial charge in [0, 0.05) is 32.0 Å². The summed E-state index contributed by atoms with van der Waals surface area (Å²) < 4.78 is 24.4. The summed E-state index contributed by atoms with van der Waals surface area (Å²) in [6, 6.07) is 0. The predicted octanol–water partition coefficient (Wildman–Crippen LogP) is 4.79. The van der Waals surface area contributed by atoms with Crippen LogP contribution >= 0.6 is 0 Å². The highest BCUT2D eigenvalue weighted by Gasteiger charge is 2.46. The molecule has 0 spiro atoms. The van der Waals surface area contributed by atoms with Crippen molar-refractivity contribution < 1.29 is 28.5 Å². The zero-order chi connectivity index (χ0) is 22.6. The molecular weight excluding hydrogens is 412 g/mol. The summed E-state index contributed by atoms with van der Waals surface area (Å²) in [5, 5.41) is 11.1. The van der Waals surface area contributed by atoms with E-state index >= 15 is 0 Å². The monoisotopic (exact) mass is 456 g/mol. The molecule has 1 N–H and O–H groups in total. The van der Waals surface area contributed by atoms with E-state index in [1.54, 1.807) is 0 Å². The summed E-state index contributed by atoms with van der Waals surface area (Å²) in [4.78, 5) is 11.7. The van der Waals surface area contributed by atoms with Crippen molar-refractivity contribution >= 4 is 14.3 Å². The molecule has 2 aliphatic heterocycles. The zero-order valence-corrected chi connectivity index (χ0v) is 21.2. The standard InChI is InChI=1S/C24H44O6Si/c1-24(2,3)31(4,5)28-16-19-18(13-12-17-9-8-10-22(26)29-17)20(25)15-21(19)30-23-11-6-7-14-27-23/h17-21,23,25H,6-16H2,1-5H3/t17-,18-,19-,20-,21-,23?/m1/s1.